The van der Waals surface area contributed by atoms with Gasteiger partial charge in [0.2, 0.25) is 5.91 Å². The summed E-state index contributed by atoms with van der Waals surface area (Å²) < 4.78 is 0. The molecule has 124 valence electrons. The lowest BCUT2D eigenvalue weighted by Gasteiger charge is -2.20. The van der Waals surface area contributed by atoms with Crippen LogP contribution in [0, 0.1) is 5.92 Å². The maximum Gasteiger partial charge on any atom is 0.224 e. The Labute approximate surface area is 139 Å². The summed E-state index contributed by atoms with van der Waals surface area (Å²) in [5.41, 5.74) is 10.0. The van der Waals surface area contributed by atoms with Crippen molar-refractivity contribution in [2.24, 2.45) is 11.7 Å². The molecule has 2 aliphatic carbocycles. The van der Waals surface area contributed by atoms with Crippen molar-refractivity contribution in [1.82, 2.24) is 20.7 Å². The number of hydrogen-bond acceptors (Lipinski definition) is 5. The van der Waals surface area contributed by atoms with Crippen LogP contribution in [0.2, 0.25) is 0 Å². The number of carbonyl (C=O) groups is 2. The van der Waals surface area contributed by atoms with Gasteiger partial charge in [-0.25, -0.2) is 0 Å². The number of benzene rings is 1. The number of hydrogen-bond donors (Lipinski definition) is 3. The minimum atomic E-state index is -0.501. The Morgan fingerprint density at radius 2 is 2.21 bits per heavy atom. The number of nitrogens with one attached hydrogen (secondary N) is 2. The Hall–Kier alpha value is -2.54. The zero-order valence-corrected chi connectivity index (χ0v) is 13.2. The van der Waals surface area contributed by atoms with Crippen molar-refractivity contribution in [3.8, 4) is 0 Å². The van der Waals surface area contributed by atoms with Gasteiger partial charge in [-0.05, 0) is 36.0 Å². The zero-order chi connectivity index (χ0) is 16.7. The van der Waals surface area contributed by atoms with E-state index in [1.165, 1.54) is 0 Å². The lowest BCUT2D eigenvalue weighted by atomic mass is 9.85. The lowest BCUT2D eigenvalue weighted by Crippen LogP contribution is -2.40. The van der Waals surface area contributed by atoms with E-state index < -0.39 is 17.9 Å². The van der Waals surface area contributed by atoms with Gasteiger partial charge >= 0.3 is 0 Å². The normalized spacial score (nSPS) is 25.2. The molecule has 4 rings (SSSR count). The first kappa shape index (κ1) is 15.0. The van der Waals surface area contributed by atoms with Crippen LogP contribution in [-0.4, -0.2) is 33.1 Å². The average molecular weight is 325 g/mol. The molecule has 1 amide bonds. The Kier molecular flexibility index (Phi) is 3.65. The Morgan fingerprint density at radius 1 is 1.38 bits per heavy atom. The number of nitrogens with zero attached hydrogens (tertiary/aromatic N) is 2. The monoisotopic (exact) mass is 325 g/mol. The molecule has 0 radical (unpaired) electrons. The van der Waals surface area contributed by atoms with E-state index in [0.29, 0.717) is 25.1 Å². The summed E-state index contributed by atoms with van der Waals surface area (Å²) in [7, 11) is 0. The molecule has 0 bridgehead atoms. The Bertz CT molecular complexity index is 786. The molecular formula is C17H19N5O2. The van der Waals surface area contributed by atoms with Crippen LogP contribution in [0.3, 0.4) is 0 Å². The highest BCUT2D eigenvalue weighted by molar-refractivity contribution is 5.98. The van der Waals surface area contributed by atoms with E-state index in [4.69, 9.17) is 5.73 Å². The summed E-state index contributed by atoms with van der Waals surface area (Å²) in [4.78, 5) is 25.5. The molecule has 2 aromatic rings. The molecule has 0 aliphatic heterocycles. The van der Waals surface area contributed by atoms with E-state index in [1.807, 2.05) is 18.2 Å². The quantitative estimate of drug-likeness (QED) is 0.747. The fourth-order valence-electron chi connectivity index (χ4n) is 3.91. The Balaban J connectivity index is 1.62. The smallest absolute Gasteiger partial charge is 0.224 e. The molecule has 7 heteroatoms. The van der Waals surface area contributed by atoms with Gasteiger partial charge in [0, 0.05) is 0 Å². The van der Waals surface area contributed by atoms with Crippen LogP contribution in [0.15, 0.2) is 24.4 Å². The predicted molar refractivity (Wildman–Crippen MR) is 85.9 cm³/mol. The highest BCUT2D eigenvalue weighted by Crippen LogP contribution is 2.43. The SMILES string of the molecule is N[C@H]1CCc2cccc3c2C(C1=O)[C@H](C(=O)NCc1cn[nH]n1)C3. The van der Waals surface area contributed by atoms with Crippen molar-refractivity contribution < 1.29 is 9.59 Å². The van der Waals surface area contributed by atoms with Gasteiger partial charge in [-0.1, -0.05) is 18.2 Å². The van der Waals surface area contributed by atoms with Gasteiger partial charge in [0.25, 0.3) is 0 Å². The number of carbonyl (C=O) groups excluding carboxylic acids is 2. The van der Waals surface area contributed by atoms with E-state index in [9.17, 15) is 9.59 Å². The van der Waals surface area contributed by atoms with Gasteiger partial charge < -0.3 is 11.1 Å². The summed E-state index contributed by atoms with van der Waals surface area (Å²) in [6.07, 6.45) is 3.57. The Morgan fingerprint density at radius 3 is 3.00 bits per heavy atom. The maximum absolute atomic E-state index is 12.8. The highest BCUT2D eigenvalue weighted by atomic mass is 16.2. The van der Waals surface area contributed by atoms with E-state index in [0.717, 1.165) is 23.1 Å². The number of rotatable bonds is 3. The van der Waals surface area contributed by atoms with Crippen molar-refractivity contribution >= 4 is 11.7 Å². The summed E-state index contributed by atoms with van der Waals surface area (Å²) in [5.74, 6) is -0.969. The molecule has 4 N–H and O–H groups in total. The van der Waals surface area contributed by atoms with Gasteiger partial charge in [-0.2, -0.15) is 15.4 Å². The fourth-order valence-corrected chi connectivity index (χ4v) is 3.91. The molecule has 1 unspecified atom stereocenters. The molecule has 0 saturated carbocycles. The second-order valence-electron chi connectivity index (χ2n) is 6.50. The van der Waals surface area contributed by atoms with Crippen LogP contribution in [0.1, 0.15) is 34.7 Å². The number of aryl methyl sites for hydroxylation is 1. The van der Waals surface area contributed by atoms with Crippen molar-refractivity contribution in [3.05, 3.63) is 46.8 Å². The van der Waals surface area contributed by atoms with Gasteiger partial charge in [0.05, 0.1) is 30.6 Å². The molecule has 2 aliphatic rings. The third-order valence-corrected chi connectivity index (χ3v) is 5.08. The van der Waals surface area contributed by atoms with E-state index in [2.05, 4.69) is 20.7 Å². The van der Waals surface area contributed by atoms with E-state index in [1.54, 1.807) is 6.20 Å². The number of aromatic nitrogens is 3. The molecule has 24 heavy (non-hydrogen) atoms. The third kappa shape index (κ3) is 2.41. The van der Waals surface area contributed by atoms with Crippen LogP contribution in [-0.2, 0) is 29.0 Å². The van der Waals surface area contributed by atoms with Crippen molar-refractivity contribution in [1.29, 1.82) is 0 Å². The zero-order valence-electron chi connectivity index (χ0n) is 13.2. The molecule has 1 aromatic carbocycles. The van der Waals surface area contributed by atoms with Crippen LogP contribution < -0.4 is 11.1 Å². The third-order valence-electron chi connectivity index (χ3n) is 5.08. The molecule has 0 fully saturated rings. The lowest BCUT2D eigenvalue weighted by molar-refractivity contribution is -0.131. The highest BCUT2D eigenvalue weighted by Gasteiger charge is 2.45. The first-order valence-corrected chi connectivity index (χ1v) is 8.17. The minimum absolute atomic E-state index is 0.0136. The summed E-state index contributed by atoms with van der Waals surface area (Å²) in [6.45, 7) is 0.294. The minimum Gasteiger partial charge on any atom is -0.350 e. The van der Waals surface area contributed by atoms with Crippen molar-refractivity contribution in [2.75, 3.05) is 0 Å². The molecule has 0 spiro atoms. The first-order valence-electron chi connectivity index (χ1n) is 8.17. The van der Waals surface area contributed by atoms with E-state index >= 15 is 0 Å². The topological polar surface area (TPSA) is 114 Å². The number of amides is 1. The van der Waals surface area contributed by atoms with Crippen LogP contribution >= 0.6 is 0 Å². The van der Waals surface area contributed by atoms with Gasteiger partial charge in [0.15, 0.2) is 5.78 Å². The van der Waals surface area contributed by atoms with Gasteiger partial charge in [0.1, 0.15) is 5.69 Å². The standard InChI is InChI=1S/C17H19N5O2/c18-13-5-4-9-2-1-3-10-6-12(15(14(9)10)16(13)23)17(24)19-7-11-8-20-22-21-11/h1-3,8,12-13,15H,4-7,18H2,(H,19,24)(H,20,21,22)/t12-,13+,15?/m1/s1. The number of Topliss-reactive ketones (excluding diaryl/α,β-unsaturated/α-hetero) is 1. The van der Waals surface area contributed by atoms with E-state index in [-0.39, 0.29) is 11.7 Å². The molecule has 7 nitrogen and oxygen atoms in total. The second kappa shape index (κ2) is 5.83. The summed E-state index contributed by atoms with van der Waals surface area (Å²) >= 11 is 0. The largest absolute Gasteiger partial charge is 0.350 e. The van der Waals surface area contributed by atoms with Gasteiger partial charge in [-0.3, -0.25) is 9.59 Å². The maximum atomic E-state index is 12.8. The molecule has 1 heterocycles. The van der Waals surface area contributed by atoms with Crippen molar-refractivity contribution in [3.63, 3.8) is 0 Å². The number of ketones is 1. The summed E-state index contributed by atoms with van der Waals surface area (Å²) in [6, 6.07) is 5.56. The number of aromatic amines is 1. The predicted octanol–water partition coefficient (Wildman–Crippen LogP) is 0.220. The molecule has 0 saturated heterocycles. The van der Waals surface area contributed by atoms with Crippen molar-refractivity contribution in [2.45, 2.75) is 37.8 Å². The average Bonchev–Trinajstić information content (AvgIpc) is 3.21. The summed E-state index contributed by atoms with van der Waals surface area (Å²) in [5, 5.41) is 13.0. The second-order valence-corrected chi connectivity index (χ2v) is 6.50. The molecule has 3 atom stereocenters. The fraction of sp³-hybridized carbons (Fsp3) is 0.412. The van der Waals surface area contributed by atoms with Gasteiger partial charge in [-0.15, -0.1) is 0 Å². The molecule has 1 aromatic heterocycles. The van der Waals surface area contributed by atoms with Crippen LogP contribution in [0.5, 0.6) is 0 Å². The number of H-pyrrole nitrogens is 1. The van der Waals surface area contributed by atoms with Crippen LogP contribution in [0.4, 0.5) is 0 Å². The number of nitrogens with two attached hydrogens (primary N) is 1. The van der Waals surface area contributed by atoms with Crippen LogP contribution in [0.25, 0.3) is 0 Å². The molecular weight excluding hydrogens is 306 g/mol. The first-order chi connectivity index (χ1) is 11.6.